The Hall–Kier alpha value is -3.75. The highest BCUT2D eigenvalue weighted by Crippen LogP contribution is 2.22. The van der Waals surface area contributed by atoms with Crippen molar-refractivity contribution in [1.29, 1.82) is 0 Å². The van der Waals surface area contributed by atoms with Crippen molar-refractivity contribution >= 4 is 18.1 Å². The van der Waals surface area contributed by atoms with Crippen LogP contribution in [0.25, 0.3) is 0 Å². The summed E-state index contributed by atoms with van der Waals surface area (Å²) in [6.45, 7) is 9.14. The zero-order valence-electron chi connectivity index (χ0n) is 21.4. The zero-order valence-corrected chi connectivity index (χ0v) is 21.4. The summed E-state index contributed by atoms with van der Waals surface area (Å²) >= 11 is 0. The van der Waals surface area contributed by atoms with Crippen LogP contribution >= 0.6 is 0 Å². The normalized spacial score (nSPS) is 14.6. The Morgan fingerprint density at radius 2 is 1.53 bits per heavy atom. The summed E-state index contributed by atoms with van der Waals surface area (Å²) in [6.07, 6.45) is -1.07. The first-order valence-corrected chi connectivity index (χ1v) is 12.1. The van der Waals surface area contributed by atoms with Gasteiger partial charge in [0.05, 0.1) is 6.61 Å². The molecule has 9 nitrogen and oxygen atoms in total. The van der Waals surface area contributed by atoms with Crippen molar-refractivity contribution in [2.24, 2.45) is 0 Å². The maximum absolute atomic E-state index is 13.5. The molecule has 0 saturated carbocycles. The lowest BCUT2D eigenvalue weighted by Crippen LogP contribution is -2.53. The van der Waals surface area contributed by atoms with E-state index in [1.807, 2.05) is 30.3 Å². The van der Waals surface area contributed by atoms with E-state index in [9.17, 15) is 14.4 Å². The van der Waals surface area contributed by atoms with Gasteiger partial charge in [-0.05, 0) is 51.0 Å². The van der Waals surface area contributed by atoms with Crippen LogP contribution in [0, 0.1) is 0 Å². The molecule has 1 saturated heterocycles. The van der Waals surface area contributed by atoms with Gasteiger partial charge >= 0.3 is 12.2 Å². The van der Waals surface area contributed by atoms with Gasteiger partial charge in [-0.1, -0.05) is 42.5 Å². The average molecular weight is 498 g/mol. The molecule has 1 fully saturated rings. The molecule has 1 unspecified atom stereocenters. The van der Waals surface area contributed by atoms with Crippen LogP contribution in [0.5, 0.6) is 5.75 Å². The third kappa shape index (κ3) is 7.90. The Labute approximate surface area is 212 Å². The van der Waals surface area contributed by atoms with Gasteiger partial charge in [-0.3, -0.25) is 4.79 Å². The maximum atomic E-state index is 13.5. The molecule has 1 aliphatic heterocycles. The lowest BCUT2D eigenvalue weighted by atomic mass is 10.0. The number of nitrogens with zero attached hydrogens (tertiary/aromatic N) is 2. The van der Waals surface area contributed by atoms with Crippen LogP contribution in [-0.2, 0) is 20.9 Å². The van der Waals surface area contributed by atoms with Crippen molar-refractivity contribution in [3.05, 3.63) is 65.7 Å². The zero-order chi connectivity index (χ0) is 26.1. The Kier molecular flexibility index (Phi) is 9.16. The van der Waals surface area contributed by atoms with E-state index >= 15 is 0 Å². The monoisotopic (exact) mass is 497 g/mol. The molecule has 0 aliphatic carbocycles. The molecule has 2 aromatic rings. The van der Waals surface area contributed by atoms with Gasteiger partial charge in [-0.2, -0.15) is 0 Å². The summed E-state index contributed by atoms with van der Waals surface area (Å²) in [6, 6.07) is 15.9. The highest BCUT2D eigenvalue weighted by atomic mass is 16.6. The van der Waals surface area contributed by atoms with Gasteiger partial charge in [0.1, 0.15) is 24.0 Å². The van der Waals surface area contributed by atoms with Gasteiger partial charge in [0.25, 0.3) is 0 Å². The van der Waals surface area contributed by atoms with E-state index in [1.54, 1.807) is 61.8 Å². The van der Waals surface area contributed by atoms with Crippen molar-refractivity contribution < 1.29 is 28.6 Å². The van der Waals surface area contributed by atoms with Crippen LogP contribution in [0.3, 0.4) is 0 Å². The van der Waals surface area contributed by atoms with Crippen LogP contribution < -0.4 is 10.1 Å². The van der Waals surface area contributed by atoms with Crippen molar-refractivity contribution in [2.75, 3.05) is 32.8 Å². The number of amides is 3. The van der Waals surface area contributed by atoms with Gasteiger partial charge in [0.15, 0.2) is 0 Å². The third-order valence-electron chi connectivity index (χ3n) is 5.49. The molecular formula is C27H35N3O6. The van der Waals surface area contributed by atoms with Gasteiger partial charge in [0, 0.05) is 26.2 Å². The number of hydrogen-bond donors (Lipinski definition) is 1. The molecule has 0 bridgehead atoms. The van der Waals surface area contributed by atoms with Crippen molar-refractivity contribution in [2.45, 2.75) is 45.9 Å². The molecule has 0 radical (unpaired) electrons. The lowest BCUT2D eigenvalue weighted by molar-refractivity contribution is -0.135. The number of alkyl carbamates (subject to hydrolysis) is 1. The summed E-state index contributed by atoms with van der Waals surface area (Å²) in [7, 11) is 0. The Bertz CT molecular complexity index is 1010. The third-order valence-corrected chi connectivity index (χ3v) is 5.49. The molecule has 2 aromatic carbocycles. The lowest BCUT2D eigenvalue weighted by Gasteiger charge is -2.36. The molecule has 3 amide bonds. The second kappa shape index (κ2) is 12.3. The standard InChI is InChI=1S/C27H35N3O6/c1-5-34-26(33)30-17-15-29(16-18-30)24(31)23(28-25(32)36-27(2,3)4)21-11-13-22(14-12-21)35-19-20-9-7-6-8-10-20/h6-14,23H,5,15-19H2,1-4H3,(H,28,32). The molecule has 1 aliphatic rings. The topological polar surface area (TPSA) is 97.4 Å². The predicted molar refractivity (Wildman–Crippen MR) is 135 cm³/mol. The van der Waals surface area contributed by atoms with Crippen molar-refractivity contribution in [3.63, 3.8) is 0 Å². The van der Waals surface area contributed by atoms with E-state index < -0.39 is 17.7 Å². The van der Waals surface area contributed by atoms with Crippen molar-refractivity contribution in [3.8, 4) is 5.75 Å². The smallest absolute Gasteiger partial charge is 0.409 e. The quantitative estimate of drug-likeness (QED) is 0.618. The number of nitrogens with one attached hydrogen (secondary N) is 1. The SMILES string of the molecule is CCOC(=O)N1CCN(C(=O)C(NC(=O)OC(C)(C)C)c2ccc(OCc3ccccc3)cc2)CC1. The molecule has 36 heavy (non-hydrogen) atoms. The number of ether oxygens (including phenoxy) is 3. The van der Waals surface area contributed by atoms with Crippen LogP contribution in [-0.4, -0.2) is 66.3 Å². The number of hydrogen-bond acceptors (Lipinski definition) is 6. The summed E-state index contributed by atoms with van der Waals surface area (Å²) < 4.78 is 16.3. The molecular weight excluding hydrogens is 462 g/mol. The summed E-state index contributed by atoms with van der Waals surface area (Å²) in [5, 5.41) is 2.72. The number of rotatable bonds is 7. The molecule has 1 heterocycles. The van der Waals surface area contributed by atoms with E-state index in [0.29, 0.717) is 50.7 Å². The van der Waals surface area contributed by atoms with E-state index in [1.165, 1.54) is 0 Å². The molecule has 1 N–H and O–H groups in total. The number of benzene rings is 2. The summed E-state index contributed by atoms with van der Waals surface area (Å²) in [4.78, 5) is 41.3. The van der Waals surface area contributed by atoms with E-state index in [-0.39, 0.29) is 12.0 Å². The highest BCUT2D eigenvalue weighted by molar-refractivity contribution is 5.87. The van der Waals surface area contributed by atoms with Crippen molar-refractivity contribution in [1.82, 2.24) is 15.1 Å². The second-order valence-electron chi connectivity index (χ2n) is 9.43. The minimum atomic E-state index is -0.947. The average Bonchev–Trinajstić information content (AvgIpc) is 2.86. The fraction of sp³-hybridized carbons (Fsp3) is 0.444. The summed E-state index contributed by atoms with van der Waals surface area (Å²) in [5.74, 6) is 0.372. The Balaban J connectivity index is 1.70. The molecule has 0 spiro atoms. The first kappa shape index (κ1) is 26.8. The maximum Gasteiger partial charge on any atom is 0.409 e. The number of carbonyl (C=O) groups is 3. The van der Waals surface area contributed by atoms with E-state index in [4.69, 9.17) is 14.2 Å². The molecule has 194 valence electrons. The highest BCUT2D eigenvalue weighted by Gasteiger charge is 2.32. The molecule has 0 aromatic heterocycles. The minimum absolute atomic E-state index is 0.276. The number of carbonyl (C=O) groups excluding carboxylic acids is 3. The largest absolute Gasteiger partial charge is 0.489 e. The van der Waals surface area contributed by atoms with E-state index in [0.717, 1.165) is 5.56 Å². The van der Waals surface area contributed by atoms with Crippen LogP contribution in [0.1, 0.15) is 44.9 Å². The Morgan fingerprint density at radius 3 is 2.11 bits per heavy atom. The Morgan fingerprint density at radius 1 is 0.917 bits per heavy atom. The fourth-order valence-corrected chi connectivity index (χ4v) is 3.72. The van der Waals surface area contributed by atoms with Gasteiger partial charge in [-0.25, -0.2) is 9.59 Å². The first-order valence-electron chi connectivity index (χ1n) is 12.1. The summed E-state index contributed by atoms with van der Waals surface area (Å²) in [5.41, 5.74) is 0.937. The van der Waals surface area contributed by atoms with Gasteiger partial charge in [-0.15, -0.1) is 0 Å². The second-order valence-corrected chi connectivity index (χ2v) is 9.43. The number of piperazine rings is 1. The van der Waals surface area contributed by atoms with Crippen LogP contribution in [0.2, 0.25) is 0 Å². The van der Waals surface area contributed by atoms with Gasteiger partial charge < -0.3 is 29.3 Å². The minimum Gasteiger partial charge on any atom is -0.489 e. The van der Waals surface area contributed by atoms with Gasteiger partial charge in [0.2, 0.25) is 5.91 Å². The van der Waals surface area contributed by atoms with Crippen LogP contribution in [0.15, 0.2) is 54.6 Å². The predicted octanol–water partition coefficient (Wildman–Crippen LogP) is 4.13. The fourth-order valence-electron chi connectivity index (χ4n) is 3.72. The molecule has 1 atom stereocenters. The van der Waals surface area contributed by atoms with E-state index in [2.05, 4.69) is 5.32 Å². The van der Waals surface area contributed by atoms with Crippen LogP contribution in [0.4, 0.5) is 9.59 Å². The first-order chi connectivity index (χ1) is 17.2. The molecule has 3 rings (SSSR count). The molecule has 9 heteroatoms.